The van der Waals surface area contributed by atoms with Crippen LogP contribution in [0.4, 0.5) is 5.69 Å². The largest absolute Gasteiger partial charge is 0.368 e. The number of amides is 2. The van der Waals surface area contributed by atoms with E-state index in [0.717, 1.165) is 18.4 Å². The SMILES string of the molecule is CC(N)CCC(=O)NCc1cccc(NC(=O)C2CCCO2)c1.Cl. The fourth-order valence-corrected chi connectivity index (χ4v) is 2.41. The van der Waals surface area contributed by atoms with Gasteiger partial charge < -0.3 is 21.1 Å². The number of hydrogen-bond donors (Lipinski definition) is 3. The number of nitrogens with two attached hydrogens (primary N) is 1. The lowest BCUT2D eigenvalue weighted by Crippen LogP contribution is -2.27. The van der Waals surface area contributed by atoms with Crippen molar-refractivity contribution >= 4 is 29.9 Å². The highest BCUT2D eigenvalue weighted by Crippen LogP contribution is 2.16. The average molecular weight is 356 g/mol. The van der Waals surface area contributed by atoms with Gasteiger partial charge in [-0.2, -0.15) is 0 Å². The Morgan fingerprint density at radius 2 is 2.21 bits per heavy atom. The van der Waals surface area contributed by atoms with Gasteiger partial charge in [0.15, 0.2) is 0 Å². The van der Waals surface area contributed by atoms with Gasteiger partial charge >= 0.3 is 0 Å². The topological polar surface area (TPSA) is 93.5 Å². The summed E-state index contributed by atoms with van der Waals surface area (Å²) in [6.45, 7) is 2.96. The van der Waals surface area contributed by atoms with Crippen LogP contribution in [-0.4, -0.2) is 30.6 Å². The molecule has 2 amide bonds. The number of anilines is 1. The molecular formula is C17H26ClN3O3. The van der Waals surface area contributed by atoms with Crippen molar-refractivity contribution in [2.75, 3.05) is 11.9 Å². The number of carbonyl (C=O) groups excluding carboxylic acids is 2. The van der Waals surface area contributed by atoms with E-state index in [0.29, 0.717) is 31.7 Å². The van der Waals surface area contributed by atoms with Crippen LogP contribution in [0.1, 0.15) is 38.2 Å². The van der Waals surface area contributed by atoms with Gasteiger partial charge in [-0.3, -0.25) is 9.59 Å². The number of benzene rings is 1. The Bertz CT molecular complexity index is 546. The number of rotatable bonds is 7. The van der Waals surface area contributed by atoms with Crippen molar-refractivity contribution in [3.63, 3.8) is 0 Å². The third kappa shape index (κ3) is 6.86. The van der Waals surface area contributed by atoms with Crippen LogP contribution in [-0.2, 0) is 20.9 Å². The van der Waals surface area contributed by atoms with Gasteiger partial charge in [0.25, 0.3) is 5.91 Å². The quantitative estimate of drug-likeness (QED) is 0.697. The molecule has 1 aliphatic heterocycles. The Hall–Kier alpha value is -1.63. The van der Waals surface area contributed by atoms with Gasteiger partial charge in [0.1, 0.15) is 6.10 Å². The standard InChI is InChI=1S/C17H25N3O3.ClH/c1-12(18)7-8-16(21)19-11-13-4-2-5-14(10-13)20-17(22)15-6-3-9-23-15;/h2,4-5,10,12,15H,3,6-9,11,18H2,1H3,(H,19,21)(H,20,22);1H. The molecule has 2 unspecified atom stereocenters. The molecule has 7 heteroatoms. The van der Waals surface area contributed by atoms with Crippen molar-refractivity contribution < 1.29 is 14.3 Å². The molecule has 1 fully saturated rings. The summed E-state index contributed by atoms with van der Waals surface area (Å²) in [7, 11) is 0. The zero-order valence-electron chi connectivity index (χ0n) is 13.9. The highest BCUT2D eigenvalue weighted by Gasteiger charge is 2.23. The second-order valence-corrected chi connectivity index (χ2v) is 5.98. The molecule has 24 heavy (non-hydrogen) atoms. The van der Waals surface area contributed by atoms with Crippen LogP contribution in [0, 0.1) is 0 Å². The fourth-order valence-electron chi connectivity index (χ4n) is 2.41. The molecule has 2 atom stereocenters. The van der Waals surface area contributed by atoms with Crippen molar-refractivity contribution in [3.8, 4) is 0 Å². The Kier molecular flexibility index (Phi) is 8.74. The molecule has 4 N–H and O–H groups in total. The molecule has 1 saturated heterocycles. The number of halogens is 1. The molecular weight excluding hydrogens is 330 g/mol. The molecule has 134 valence electrons. The maximum atomic E-state index is 12.0. The minimum Gasteiger partial charge on any atom is -0.368 e. The van der Waals surface area contributed by atoms with Crippen molar-refractivity contribution in [1.29, 1.82) is 0 Å². The minimum absolute atomic E-state index is 0. The van der Waals surface area contributed by atoms with Crippen molar-refractivity contribution in [1.82, 2.24) is 5.32 Å². The molecule has 0 bridgehead atoms. The molecule has 1 aliphatic rings. The van der Waals surface area contributed by atoms with Crippen LogP contribution in [0.15, 0.2) is 24.3 Å². The first-order valence-electron chi connectivity index (χ1n) is 8.08. The third-order valence-corrected chi connectivity index (χ3v) is 3.73. The lowest BCUT2D eigenvalue weighted by Gasteiger charge is -2.12. The second kappa shape index (κ2) is 10.3. The molecule has 0 radical (unpaired) electrons. The first kappa shape index (κ1) is 20.4. The smallest absolute Gasteiger partial charge is 0.253 e. The maximum absolute atomic E-state index is 12.0. The van der Waals surface area contributed by atoms with Gasteiger partial charge in [-0.1, -0.05) is 12.1 Å². The van der Waals surface area contributed by atoms with E-state index < -0.39 is 0 Å². The van der Waals surface area contributed by atoms with Crippen LogP contribution in [0.2, 0.25) is 0 Å². The summed E-state index contributed by atoms with van der Waals surface area (Å²) in [6, 6.07) is 7.48. The molecule has 6 nitrogen and oxygen atoms in total. The summed E-state index contributed by atoms with van der Waals surface area (Å²) in [5.41, 5.74) is 7.29. The van der Waals surface area contributed by atoms with Crippen molar-refractivity contribution in [3.05, 3.63) is 29.8 Å². The van der Waals surface area contributed by atoms with E-state index in [4.69, 9.17) is 10.5 Å². The predicted octanol–water partition coefficient (Wildman–Crippen LogP) is 1.97. The van der Waals surface area contributed by atoms with Gasteiger partial charge in [-0.05, 0) is 43.9 Å². The summed E-state index contributed by atoms with van der Waals surface area (Å²) < 4.78 is 5.36. The number of nitrogens with one attached hydrogen (secondary N) is 2. The number of hydrogen-bond acceptors (Lipinski definition) is 4. The maximum Gasteiger partial charge on any atom is 0.253 e. The lowest BCUT2D eigenvalue weighted by atomic mass is 10.1. The molecule has 0 aromatic heterocycles. The summed E-state index contributed by atoms with van der Waals surface area (Å²) in [6.07, 6.45) is 2.43. The van der Waals surface area contributed by atoms with Crippen LogP contribution in [0.25, 0.3) is 0 Å². The fraction of sp³-hybridized carbons (Fsp3) is 0.529. The van der Waals surface area contributed by atoms with Gasteiger partial charge in [-0.15, -0.1) is 12.4 Å². The highest BCUT2D eigenvalue weighted by molar-refractivity contribution is 5.94. The van der Waals surface area contributed by atoms with Gasteiger partial charge in [0.2, 0.25) is 5.91 Å². The van der Waals surface area contributed by atoms with E-state index in [-0.39, 0.29) is 36.4 Å². The first-order valence-corrected chi connectivity index (χ1v) is 8.08. The Morgan fingerprint density at radius 1 is 1.42 bits per heavy atom. The number of ether oxygens (including phenoxy) is 1. The summed E-state index contributed by atoms with van der Waals surface area (Å²) in [5, 5.41) is 5.72. The van der Waals surface area contributed by atoms with E-state index in [1.165, 1.54) is 0 Å². The van der Waals surface area contributed by atoms with E-state index in [1.807, 2.05) is 31.2 Å². The second-order valence-electron chi connectivity index (χ2n) is 5.98. The summed E-state index contributed by atoms with van der Waals surface area (Å²) >= 11 is 0. The highest BCUT2D eigenvalue weighted by atomic mass is 35.5. The van der Waals surface area contributed by atoms with E-state index in [9.17, 15) is 9.59 Å². The zero-order chi connectivity index (χ0) is 16.7. The molecule has 1 aromatic rings. The third-order valence-electron chi connectivity index (χ3n) is 3.73. The normalized spacial score (nSPS) is 17.7. The molecule has 1 heterocycles. The Labute approximate surface area is 148 Å². The van der Waals surface area contributed by atoms with Crippen LogP contribution >= 0.6 is 12.4 Å². The average Bonchev–Trinajstić information content (AvgIpc) is 3.06. The van der Waals surface area contributed by atoms with Crippen molar-refractivity contribution in [2.24, 2.45) is 5.73 Å². The predicted molar refractivity (Wildman–Crippen MR) is 96.0 cm³/mol. The Balaban J connectivity index is 0.00000288. The Morgan fingerprint density at radius 3 is 2.88 bits per heavy atom. The van der Waals surface area contributed by atoms with E-state index >= 15 is 0 Å². The van der Waals surface area contributed by atoms with Gasteiger partial charge in [0.05, 0.1) is 0 Å². The van der Waals surface area contributed by atoms with E-state index in [1.54, 1.807) is 0 Å². The van der Waals surface area contributed by atoms with Gasteiger partial charge in [-0.25, -0.2) is 0 Å². The van der Waals surface area contributed by atoms with Gasteiger partial charge in [0, 0.05) is 31.3 Å². The van der Waals surface area contributed by atoms with E-state index in [2.05, 4.69) is 10.6 Å². The summed E-state index contributed by atoms with van der Waals surface area (Å²) in [5.74, 6) is -0.128. The molecule has 0 aliphatic carbocycles. The molecule has 0 spiro atoms. The van der Waals surface area contributed by atoms with Crippen molar-refractivity contribution in [2.45, 2.75) is 51.3 Å². The molecule has 1 aromatic carbocycles. The lowest BCUT2D eigenvalue weighted by molar-refractivity contribution is -0.124. The van der Waals surface area contributed by atoms with Crippen LogP contribution < -0.4 is 16.4 Å². The monoisotopic (exact) mass is 355 g/mol. The number of carbonyl (C=O) groups is 2. The first-order chi connectivity index (χ1) is 11.0. The minimum atomic E-state index is -0.350. The molecule has 2 rings (SSSR count). The summed E-state index contributed by atoms with van der Waals surface area (Å²) in [4.78, 5) is 23.7. The van der Waals surface area contributed by atoms with Crippen LogP contribution in [0.3, 0.4) is 0 Å². The zero-order valence-corrected chi connectivity index (χ0v) is 14.7. The molecule has 0 saturated carbocycles. The van der Waals surface area contributed by atoms with Crippen LogP contribution in [0.5, 0.6) is 0 Å².